The van der Waals surface area contributed by atoms with Crippen LogP contribution in [0.4, 0.5) is 13.2 Å². The second-order valence-corrected chi connectivity index (χ2v) is 4.96. The third-order valence-electron chi connectivity index (χ3n) is 3.56. The summed E-state index contributed by atoms with van der Waals surface area (Å²) < 4.78 is 37.1. The third-order valence-corrected chi connectivity index (χ3v) is 3.56. The molecular formula is C13H17F3N2. The first-order valence-corrected chi connectivity index (χ1v) is 6.25. The van der Waals surface area contributed by atoms with Crippen molar-refractivity contribution < 1.29 is 13.2 Å². The summed E-state index contributed by atoms with van der Waals surface area (Å²) in [6.45, 7) is 0. The molecule has 1 aromatic rings. The van der Waals surface area contributed by atoms with Gasteiger partial charge in [0, 0.05) is 12.2 Å². The quantitative estimate of drug-likeness (QED) is 0.898. The van der Waals surface area contributed by atoms with E-state index in [1.165, 1.54) is 31.7 Å². The predicted molar refractivity (Wildman–Crippen MR) is 62.7 cm³/mol. The first-order valence-electron chi connectivity index (χ1n) is 6.25. The largest absolute Gasteiger partial charge is 0.417 e. The maximum atomic E-state index is 12.4. The van der Waals surface area contributed by atoms with Crippen molar-refractivity contribution in [2.75, 3.05) is 0 Å². The van der Waals surface area contributed by atoms with Crippen LogP contribution in [0.5, 0.6) is 0 Å². The van der Waals surface area contributed by atoms with Gasteiger partial charge in [-0.25, -0.2) is 0 Å². The summed E-state index contributed by atoms with van der Waals surface area (Å²) in [4.78, 5) is 3.84. The number of alkyl halides is 3. The maximum Gasteiger partial charge on any atom is 0.417 e. The standard InChI is InChI=1S/C13H17F3N2/c14-13(15,16)10-5-6-12(18-8-10)11(17)7-9-3-1-2-4-9/h5-6,8-9,11H,1-4,7,17H2. The van der Waals surface area contributed by atoms with Gasteiger partial charge in [0.25, 0.3) is 0 Å². The number of hydrogen-bond donors (Lipinski definition) is 1. The normalized spacial score (nSPS) is 19.1. The van der Waals surface area contributed by atoms with Gasteiger partial charge in [-0.1, -0.05) is 25.7 Å². The Kier molecular flexibility index (Phi) is 3.90. The first-order chi connectivity index (χ1) is 8.47. The van der Waals surface area contributed by atoms with Gasteiger partial charge < -0.3 is 5.73 Å². The van der Waals surface area contributed by atoms with E-state index in [0.717, 1.165) is 18.7 Å². The molecule has 0 aromatic carbocycles. The van der Waals surface area contributed by atoms with E-state index in [9.17, 15) is 13.2 Å². The molecule has 1 aliphatic carbocycles. The zero-order valence-electron chi connectivity index (χ0n) is 10.1. The van der Waals surface area contributed by atoms with Gasteiger partial charge in [-0.3, -0.25) is 4.98 Å². The van der Waals surface area contributed by atoms with E-state index >= 15 is 0 Å². The van der Waals surface area contributed by atoms with Crippen LogP contribution < -0.4 is 5.73 Å². The van der Waals surface area contributed by atoms with Crippen LogP contribution in [0.2, 0.25) is 0 Å². The number of pyridine rings is 1. The van der Waals surface area contributed by atoms with Crippen molar-refractivity contribution in [1.29, 1.82) is 0 Å². The first kappa shape index (κ1) is 13.3. The van der Waals surface area contributed by atoms with E-state index in [0.29, 0.717) is 11.6 Å². The molecule has 18 heavy (non-hydrogen) atoms. The molecule has 1 fully saturated rings. The molecule has 1 aromatic heterocycles. The molecule has 1 aliphatic rings. The van der Waals surface area contributed by atoms with E-state index in [2.05, 4.69) is 4.98 Å². The van der Waals surface area contributed by atoms with Crippen molar-refractivity contribution in [3.63, 3.8) is 0 Å². The minimum absolute atomic E-state index is 0.254. The average Bonchev–Trinajstić information content (AvgIpc) is 2.81. The van der Waals surface area contributed by atoms with Crippen molar-refractivity contribution in [3.05, 3.63) is 29.6 Å². The Morgan fingerprint density at radius 3 is 2.44 bits per heavy atom. The minimum atomic E-state index is -4.33. The third kappa shape index (κ3) is 3.22. The summed E-state index contributed by atoms with van der Waals surface area (Å²) in [6.07, 6.45) is 2.17. The van der Waals surface area contributed by atoms with Crippen molar-refractivity contribution >= 4 is 0 Å². The van der Waals surface area contributed by atoms with Gasteiger partial charge in [-0.15, -0.1) is 0 Å². The lowest BCUT2D eigenvalue weighted by molar-refractivity contribution is -0.137. The Morgan fingerprint density at radius 1 is 1.28 bits per heavy atom. The zero-order valence-corrected chi connectivity index (χ0v) is 10.1. The monoisotopic (exact) mass is 258 g/mol. The SMILES string of the molecule is NC(CC1CCCC1)c1ccc(C(F)(F)F)cn1. The van der Waals surface area contributed by atoms with Crippen LogP contribution in [0.1, 0.15) is 49.4 Å². The number of nitrogens with zero attached hydrogens (tertiary/aromatic N) is 1. The fraction of sp³-hybridized carbons (Fsp3) is 0.615. The van der Waals surface area contributed by atoms with E-state index in [4.69, 9.17) is 5.73 Å². The number of halogens is 3. The molecule has 2 nitrogen and oxygen atoms in total. The molecule has 100 valence electrons. The second kappa shape index (κ2) is 5.26. The highest BCUT2D eigenvalue weighted by atomic mass is 19.4. The smallest absolute Gasteiger partial charge is 0.323 e. The van der Waals surface area contributed by atoms with Gasteiger partial charge in [0.15, 0.2) is 0 Å². The van der Waals surface area contributed by atoms with Crippen LogP contribution in [-0.2, 0) is 6.18 Å². The molecular weight excluding hydrogens is 241 g/mol. The minimum Gasteiger partial charge on any atom is -0.323 e. The molecule has 1 unspecified atom stereocenters. The Labute approximate surface area is 104 Å². The number of aromatic nitrogens is 1. The van der Waals surface area contributed by atoms with Crippen LogP contribution in [0.25, 0.3) is 0 Å². The second-order valence-electron chi connectivity index (χ2n) is 4.96. The predicted octanol–water partition coefficient (Wildman–Crippen LogP) is 3.68. The molecule has 0 radical (unpaired) electrons. The Balaban J connectivity index is 2.00. The lowest BCUT2D eigenvalue weighted by atomic mass is 9.96. The van der Waals surface area contributed by atoms with Crippen LogP contribution in [0, 0.1) is 5.92 Å². The van der Waals surface area contributed by atoms with Crippen molar-refractivity contribution in [1.82, 2.24) is 4.98 Å². The van der Waals surface area contributed by atoms with Crippen LogP contribution in [0.3, 0.4) is 0 Å². The number of nitrogens with two attached hydrogens (primary N) is 1. The van der Waals surface area contributed by atoms with Gasteiger partial charge in [0.1, 0.15) is 0 Å². The van der Waals surface area contributed by atoms with Crippen LogP contribution in [-0.4, -0.2) is 4.98 Å². The number of rotatable bonds is 3. The highest BCUT2D eigenvalue weighted by Gasteiger charge is 2.31. The summed E-state index contributed by atoms with van der Waals surface area (Å²) in [5.74, 6) is 0.601. The molecule has 2 N–H and O–H groups in total. The summed E-state index contributed by atoms with van der Waals surface area (Å²) in [7, 11) is 0. The Morgan fingerprint density at radius 2 is 1.94 bits per heavy atom. The van der Waals surface area contributed by atoms with E-state index < -0.39 is 11.7 Å². The maximum absolute atomic E-state index is 12.4. The fourth-order valence-electron chi connectivity index (χ4n) is 2.52. The summed E-state index contributed by atoms with van der Waals surface area (Å²) in [5, 5.41) is 0. The van der Waals surface area contributed by atoms with E-state index in [1.54, 1.807) is 0 Å². The molecule has 1 saturated carbocycles. The van der Waals surface area contributed by atoms with Gasteiger partial charge in [0.05, 0.1) is 11.3 Å². The molecule has 0 saturated heterocycles. The zero-order chi connectivity index (χ0) is 13.2. The average molecular weight is 258 g/mol. The molecule has 1 heterocycles. The van der Waals surface area contributed by atoms with Gasteiger partial charge in [0.2, 0.25) is 0 Å². The van der Waals surface area contributed by atoms with Gasteiger partial charge >= 0.3 is 6.18 Å². The summed E-state index contributed by atoms with van der Waals surface area (Å²) >= 11 is 0. The van der Waals surface area contributed by atoms with Gasteiger partial charge in [-0.05, 0) is 24.5 Å². The highest BCUT2D eigenvalue weighted by Crippen LogP contribution is 2.32. The molecule has 0 aliphatic heterocycles. The van der Waals surface area contributed by atoms with Crippen molar-refractivity contribution in [3.8, 4) is 0 Å². The van der Waals surface area contributed by atoms with E-state index in [-0.39, 0.29) is 6.04 Å². The van der Waals surface area contributed by atoms with Crippen molar-refractivity contribution in [2.45, 2.75) is 44.3 Å². The molecule has 2 rings (SSSR count). The van der Waals surface area contributed by atoms with Gasteiger partial charge in [-0.2, -0.15) is 13.2 Å². The molecule has 5 heteroatoms. The van der Waals surface area contributed by atoms with Crippen LogP contribution in [0.15, 0.2) is 18.3 Å². The van der Waals surface area contributed by atoms with Crippen LogP contribution >= 0.6 is 0 Å². The Hall–Kier alpha value is -1.10. The Bertz CT molecular complexity index is 380. The lowest BCUT2D eigenvalue weighted by Gasteiger charge is -2.16. The number of hydrogen-bond acceptors (Lipinski definition) is 2. The van der Waals surface area contributed by atoms with E-state index in [1.807, 2.05) is 0 Å². The van der Waals surface area contributed by atoms with Crippen molar-refractivity contribution in [2.24, 2.45) is 11.7 Å². The fourth-order valence-corrected chi connectivity index (χ4v) is 2.52. The molecule has 0 amide bonds. The lowest BCUT2D eigenvalue weighted by Crippen LogP contribution is -2.16. The summed E-state index contributed by atoms with van der Waals surface area (Å²) in [5.41, 5.74) is 5.82. The molecule has 0 bridgehead atoms. The molecule has 1 atom stereocenters. The highest BCUT2D eigenvalue weighted by molar-refractivity contribution is 5.18. The molecule has 0 spiro atoms. The topological polar surface area (TPSA) is 38.9 Å². The summed E-state index contributed by atoms with van der Waals surface area (Å²) in [6, 6.07) is 2.19.